The highest BCUT2D eigenvalue weighted by molar-refractivity contribution is 7.88. The minimum atomic E-state index is -3.69. The molecule has 13 heteroatoms. The van der Waals surface area contributed by atoms with Crippen LogP contribution in [-0.2, 0) is 44.0 Å². The lowest BCUT2D eigenvalue weighted by atomic mass is 9.91. The molecule has 3 atom stereocenters. The van der Waals surface area contributed by atoms with E-state index in [1.807, 2.05) is 30.3 Å². The Morgan fingerprint density at radius 3 is 2.38 bits per heavy atom. The van der Waals surface area contributed by atoms with Crippen molar-refractivity contribution in [3.63, 3.8) is 0 Å². The molecule has 0 spiro atoms. The van der Waals surface area contributed by atoms with E-state index in [4.69, 9.17) is 27.9 Å². The van der Waals surface area contributed by atoms with Crippen LogP contribution in [0.2, 0.25) is 10.0 Å². The number of hydrogen-bond donors (Lipinski definition) is 4. The number of allylic oxidation sites excluding steroid dienone is 2. The monoisotopic (exact) mass is 719 g/mol. The average Bonchev–Trinajstić information content (AvgIpc) is 3.83. The zero-order chi connectivity index (χ0) is 34.3. The fourth-order valence-corrected chi connectivity index (χ4v) is 7.55. The van der Waals surface area contributed by atoms with Gasteiger partial charge in [0.05, 0.1) is 19.0 Å². The summed E-state index contributed by atoms with van der Waals surface area (Å²) < 4.78 is 33.6. The number of amides is 2. The van der Waals surface area contributed by atoms with Crippen LogP contribution in [-0.4, -0.2) is 69.2 Å². The van der Waals surface area contributed by atoms with Crippen LogP contribution < -0.4 is 20.7 Å². The van der Waals surface area contributed by atoms with Crippen molar-refractivity contribution in [1.82, 2.24) is 25.6 Å². The molecule has 10 nitrogen and oxygen atoms in total. The van der Waals surface area contributed by atoms with Gasteiger partial charge in [-0.15, -0.1) is 0 Å². The van der Waals surface area contributed by atoms with Crippen LogP contribution in [0.25, 0.3) is 0 Å². The molecule has 2 aromatic carbocycles. The molecule has 262 valence electrons. The van der Waals surface area contributed by atoms with Crippen LogP contribution in [0.4, 0.5) is 0 Å². The van der Waals surface area contributed by atoms with Crippen molar-refractivity contribution in [3.05, 3.63) is 80.5 Å². The van der Waals surface area contributed by atoms with Gasteiger partial charge in [0.25, 0.3) is 0 Å². The maximum absolute atomic E-state index is 14.2. The SMILES string of the molecule is CC(NCc1ccc(Cl)cc1CNC(=O)[C@@H]1C[C@@H](OCc2ccc(Cl)cc2)CN1C(=O)[C@@H](CCC1CCNCC1)NS(C)(=O)=O)=C1CC1. The highest BCUT2D eigenvalue weighted by Gasteiger charge is 2.42. The fourth-order valence-electron chi connectivity index (χ4n) is 6.49. The van der Waals surface area contributed by atoms with Gasteiger partial charge in [0, 0.05) is 41.8 Å². The summed E-state index contributed by atoms with van der Waals surface area (Å²) in [6, 6.07) is 11.1. The summed E-state index contributed by atoms with van der Waals surface area (Å²) in [4.78, 5) is 29.5. The molecular formula is C35H47Cl2N5O5S. The third-order valence-corrected chi connectivity index (χ3v) is 10.6. The smallest absolute Gasteiger partial charge is 0.243 e. The topological polar surface area (TPSA) is 129 Å². The zero-order valence-corrected chi connectivity index (χ0v) is 30.0. The third kappa shape index (κ3) is 10.9. The van der Waals surface area contributed by atoms with Crippen molar-refractivity contribution in [3.8, 4) is 0 Å². The third-order valence-electron chi connectivity index (χ3n) is 9.42. The number of benzene rings is 2. The van der Waals surface area contributed by atoms with Crippen molar-refractivity contribution in [2.45, 2.75) is 89.8 Å². The van der Waals surface area contributed by atoms with Gasteiger partial charge in [-0.05, 0) is 105 Å². The van der Waals surface area contributed by atoms with Gasteiger partial charge >= 0.3 is 0 Å². The molecule has 2 amide bonds. The number of likely N-dealkylation sites (tertiary alicyclic amines) is 1. The van der Waals surface area contributed by atoms with E-state index in [1.165, 1.54) is 16.2 Å². The van der Waals surface area contributed by atoms with Crippen LogP contribution in [0.1, 0.15) is 68.6 Å². The Bertz CT molecular complexity index is 1570. The van der Waals surface area contributed by atoms with Gasteiger partial charge in [0.15, 0.2) is 0 Å². The molecule has 3 aliphatic rings. The van der Waals surface area contributed by atoms with E-state index in [9.17, 15) is 18.0 Å². The Balaban J connectivity index is 1.30. The minimum absolute atomic E-state index is 0.167. The van der Waals surface area contributed by atoms with Crippen LogP contribution in [0.3, 0.4) is 0 Å². The van der Waals surface area contributed by atoms with Crippen molar-refractivity contribution in [2.75, 3.05) is 25.9 Å². The molecule has 2 aromatic rings. The lowest BCUT2D eigenvalue weighted by Crippen LogP contribution is -2.53. The molecule has 48 heavy (non-hydrogen) atoms. The summed E-state index contributed by atoms with van der Waals surface area (Å²) in [5, 5.41) is 11.0. The number of halogens is 2. The molecule has 0 unspecified atom stereocenters. The summed E-state index contributed by atoms with van der Waals surface area (Å²) in [5.41, 5.74) is 5.42. The van der Waals surface area contributed by atoms with Gasteiger partial charge in [-0.1, -0.05) is 47.0 Å². The molecule has 2 aliphatic heterocycles. The zero-order valence-electron chi connectivity index (χ0n) is 27.7. The highest BCUT2D eigenvalue weighted by Crippen LogP contribution is 2.30. The van der Waals surface area contributed by atoms with Gasteiger partial charge in [-0.3, -0.25) is 9.59 Å². The van der Waals surface area contributed by atoms with E-state index < -0.39 is 34.1 Å². The minimum Gasteiger partial charge on any atom is -0.385 e. The molecule has 0 aromatic heterocycles. The molecule has 1 saturated carbocycles. The number of carbonyl (C=O) groups excluding carboxylic acids is 2. The number of carbonyl (C=O) groups is 2. The van der Waals surface area contributed by atoms with Gasteiger partial charge in [-0.2, -0.15) is 0 Å². The number of nitrogens with one attached hydrogen (secondary N) is 4. The lowest BCUT2D eigenvalue weighted by Gasteiger charge is -2.30. The number of nitrogens with zero attached hydrogens (tertiary/aromatic N) is 1. The highest BCUT2D eigenvalue weighted by atomic mass is 35.5. The summed E-state index contributed by atoms with van der Waals surface area (Å²) in [5.74, 6) is -0.336. The normalized spacial score (nSPS) is 20.4. The van der Waals surface area contributed by atoms with E-state index in [-0.39, 0.29) is 32.0 Å². The summed E-state index contributed by atoms with van der Waals surface area (Å²) in [6.45, 7) is 5.17. The summed E-state index contributed by atoms with van der Waals surface area (Å²) in [7, 11) is -3.69. The van der Waals surface area contributed by atoms with Gasteiger partial charge in [-0.25, -0.2) is 13.1 Å². The van der Waals surface area contributed by atoms with Gasteiger partial charge in [0.2, 0.25) is 21.8 Å². The van der Waals surface area contributed by atoms with Crippen LogP contribution >= 0.6 is 23.2 Å². The molecule has 2 heterocycles. The molecule has 5 rings (SSSR count). The summed E-state index contributed by atoms with van der Waals surface area (Å²) in [6.07, 6.45) is 6.19. The van der Waals surface area contributed by atoms with Crippen molar-refractivity contribution in [1.29, 1.82) is 0 Å². The number of piperidine rings is 1. The number of rotatable bonds is 15. The molecular weight excluding hydrogens is 673 g/mol. The first-order valence-corrected chi connectivity index (χ1v) is 19.4. The molecule has 1 aliphatic carbocycles. The number of sulfonamides is 1. The maximum Gasteiger partial charge on any atom is 0.243 e. The molecule has 4 N–H and O–H groups in total. The molecule has 2 saturated heterocycles. The van der Waals surface area contributed by atoms with Gasteiger partial charge < -0.3 is 25.6 Å². The second kappa shape index (κ2) is 16.8. The number of ether oxygens (including phenoxy) is 1. The second-order valence-electron chi connectivity index (χ2n) is 13.2. The van der Waals surface area contributed by atoms with E-state index in [1.54, 1.807) is 12.1 Å². The first-order chi connectivity index (χ1) is 22.9. The number of hydrogen-bond acceptors (Lipinski definition) is 7. The first kappa shape index (κ1) is 36.6. The van der Waals surface area contributed by atoms with Crippen molar-refractivity contribution >= 4 is 45.0 Å². The Morgan fingerprint density at radius 2 is 1.69 bits per heavy atom. The Hall–Kier alpha value is -2.67. The lowest BCUT2D eigenvalue weighted by molar-refractivity contribution is -0.140. The van der Waals surface area contributed by atoms with E-state index >= 15 is 0 Å². The second-order valence-corrected chi connectivity index (χ2v) is 15.9. The predicted octanol–water partition coefficient (Wildman–Crippen LogP) is 4.65. The first-order valence-electron chi connectivity index (χ1n) is 16.8. The largest absolute Gasteiger partial charge is 0.385 e. The van der Waals surface area contributed by atoms with E-state index in [2.05, 4.69) is 27.6 Å². The predicted molar refractivity (Wildman–Crippen MR) is 189 cm³/mol. The van der Waals surface area contributed by atoms with Crippen LogP contribution in [0, 0.1) is 5.92 Å². The molecule has 0 radical (unpaired) electrons. The average molecular weight is 721 g/mol. The summed E-state index contributed by atoms with van der Waals surface area (Å²) >= 11 is 12.4. The quantitative estimate of drug-likeness (QED) is 0.211. The fraction of sp³-hybridized carbons (Fsp3) is 0.543. The van der Waals surface area contributed by atoms with Crippen molar-refractivity contribution in [2.24, 2.45) is 5.92 Å². The Labute approximate surface area is 294 Å². The Kier molecular flexibility index (Phi) is 12.8. The van der Waals surface area contributed by atoms with Crippen LogP contribution in [0.15, 0.2) is 53.7 Å². The van der Waals surface area contributed by atoms with Crippen LogP contribution in [0.5, 0.6) is 0 Å². The standard InChI is InChI=1S/C35H47Cl2N5O5S/c1-23(26-6-7-26)39-19-27-8-11-30(37)17-28(27)20-40-34(43)33-18-31(47-22-25-3-9-29(36)10-4-25)21-42(33)35(44)32(41-48(2,45)46)12-5-24-13-15-38-16-14-24/h3-4,8-11,17,24,31-33,38-39,41H,5-7,12-16,18-22H2,1-2H3,(H,40,43)/t31-,32-,33+/m1/s1. The Morgan fingerprint density at radius 1 is 1.00 bits per heavy atom. The maximum atomic E-state index is 14.2. The molecule has 3 fully saturated rings. The van der Waals surface area contributed by atoms with Gasteiger partial charge in [0.1, 0.15) is 12.1 Å². The van der Waals surface area contributed by atoms with E-state index in [0.29, 0.717) is 35.3 Å². The van der Waals surface area contributed by atoms with Crippen molar-refractivity contribution < 1.29 is 22.7 Å². The van der Waals surface area contributed by atoms with E-state index in [0.717, 1.165) is 61.7 Å². The molecule has 0 bridgehead atoms.